The molecule has 0 bridgehead atoms. The van der Waals surface area contributed by atoms with Gasteiger partial charge in [-0.3, -0.25) is 0 Å². The molecule has 1 aliphatic rings. The van der Waals surface area contributed by atoms with E-state index < -0.39 is 0 Å². The first kappa shape index (κ1) is 14.7. The Morgan fingerprint density at radius 2 is 2.16 bits per heavy atom. The lowest BCUT2D eigenvalue weighted by atomic mass is 9.82. The third-order valence-corrected chi connectivity index (χ3v) is 5.10. The van der Waals surface area contributed by atoms with Crippen molar-refractivity contribution in [2.24, 2.45) is 5.41 Å². The summed E-state index contributed by atoms with van der Waals surface area (Å²) in [6.07, 6.45) is 2.26. The molecule has 1 atom stereocenters. The monoisotopic (exact) mass is 279 g/mol. The van der Waals surface area contributed by atoms with Gasteiger partial charge >= 0.3 is 0 Å². The van der Waals surface area contributed by atoms with Crippen LogP contribution in [-0.2, 0) is 11.2 Å². The fraction of sp³-hybridized carbons (Fsp3) is 0.625. The number of thioether (sulfide) groups is 1. The Morgan fingerprint density at radius 1 is 1.37 bits per heavy atom. The standard InChI is InChI=1S/C16H25NOS/c1-16(2)9-11-19-12-15(16)17-14-7-5-4-6-13(14)8-10-18-3/h4-7,15,17H,8-12H2,1-3H3. The number of benzene rings is 1. The van der Waals surface area contributed by atoms with Crippen LogP contribution in [0.15, 0.2) is 24.3 Å². The van der Waals surface area contributed by atoms with Crippen LogP contribution >= 0.6 is 11.8 Å². The predicted octanol–water partition coefficient (Wildman–Crippen LogP) is 3.82. The molecule has 0 aromatic heterocycles. The second-order valence-electron chi connectivity index (χ2n) is 5.91. The Kier molecular flexibility index (Phi) is 5.17. The molecule has 1 heterocycles. The van der Waals surface area contributed by atoms with E-state index in [0.29, 0.717) is 11.5 Å². The molecule has 1 saturated heterocycles. The number of methoxy groups -OCH3 is 1. The van der Waals surface area contributed by atoms with Crippen LogP contribution in [0, 0.1) is 5.41 Å². The average Bonchev–Trinajstić information content (AvgIpc) is 2.40. The predicted molar refractivity (Wildman–Crippen MR) is 85.2 cm³/mol. The Labute approximate surface area is 121 Å². The van der Waals surface area contributed by atoms with Gasteiger partial charge in [-0.15, -0.1) is 0 Å². The molecule has 0 saturated carbocycles. The van der Waals surface area contributed by atoms with Crippen molar-refractivity contribution < 1.29 is 4.74 Å². The highest BCUT2D eigenvalue weighted by Crippen LogP contribution is 2.36. The molecule has 0 spiro atoms. The summed E-state index contributed by atoms with van der Waals surface area (Å²) in [5.41, 5.74) is 3.01. The summed E-state index contributed by atoms with van der Waals surface area (Å²) >= 11 is 2.06. The van der Waals surface area contributed by atoms with E-state index in [1.165, 1.54) is 29.2 Å². The van der Waals surface area contributed by atoms with Crippen molar-refractivity contribution >= 4 is 17.4 Å². The molecule has 3 heteroatoms. The second kappa shape index (κ2) is 6.67. The minimum absolute atomic E-state index is 0.375. The van der Waals surface area contributed by atoms with Gasteiger partial charge in [0.2, 0.25) is 0 Å². The molecule has 1 unspecified atom stereocenters. The van der Waals surface area contributed by atoms with Gasteiger partial charge in [0.25, 0.3) is 0 Å². The average molecular weight is 279 g/mol. The summed E-state index contributed by atoms with van der Waals surface area (Å²) in [5, 5.41) is 3.77. The van der Waals surface area contributed by atoms with Gasteiger partial charge in [-0.05, 0) is 35.6 Å². The van der Waals surface area contributed by atoms with Crippen LogP contribution in [0.4, 0.5) is 5.69 Å². The second-order valence-corrected chi connectivity index (χ2v) is 7.06. The van der Waals surface area contributed by atoms with E-state index in [2.05, 4.69) is 55.2 Å². The molecule has 1 N–H and O–H groups in total. The molecule has 1 aliphatic heterocycles. The SMILES string of the molecule is COCCc1ccccc1NC1CSCCC1(C)C. The molecule has 1 fully saturated rings. The number of para-hydroxylation sites is 1. The van der Waals surface area contributed by atoms with E-state index in [0.717, 1.165) is 13.0 Å². The topological polar surface area (TPSA) is 21.3 Å². The van der Waals surface area contributed by atoms with E-state index in [9.17, 15) is 0 Å². The number of nitrogens with one attached hydrogen (secondary N) is 1. The van der Waals surface area contributed by atoms with Gasteiger partial charge in [0.1, 0.15) is 0 Å². The quantitative estimate of drug-likeness (QED) is 0.885. The van der Waals surface area contributed by atoms with Crippen LogP contribution in [0.25, 0.3) is 0 Å². The van der Waals surface area contributed by atoms with Gasteiger partial charge in [-0.25, -0.2) is 0 Å². The molecule has 106 valence electrons. The third-order valence-electron chi connectivity index (χ3n) is 4.04. The fourth-order valence-corrected chi connectivity index (χ4v) is 4.06. The van der Waals surface area contributed by atoms with Crippen LogP contribution < -0.4 is 5.32 Å². The Morgan fingerprint density at radius 3 is 2.89 bits per heavy atom. The lowest BCUT2D eigenvalue weighted by Gasteiger charge is -2.39. The van der Waals surface area contributed by atoms with Crippen LogP contribution in [-0.4, -0.2) is 31.3 Å². The molecule has 19 heavy (non-hydrogen) atoms. The van der Waals surface area contributed by atoms with E-state index in [-0.39, 0.29) is 0 Å². The molecule has 0 amide bonds. The summed E-state index contributed by atoms with van der Waals surface area (Å²) < 4.78 is 5.20. The highest BCUT2D eigenvalue weighted by atomic mass is 32.2. The number of hydrogen-bond acceptors (Lipinski definition) is 3. The molecule has 1 aromatic rings. The molecule has 0 aliphatic carbocycles. The lowest BCUT2D eigenvalue weighted by molar-refractivity contribution is 0.202. The van der Waals surface area contributed by atoms with Crippen molar-refractivity contribution in [2.75, 3.05) is 30.5 Å². The summed E-state index contributed by atoms with van der Waals surface area (Å²) in [7, 11) is 1.76. The number of hydrogen-bond donors (Lipinski definition) is 1. The van der Waals surface area contributed by atoms with Crippen molar-refractivity contribution in [3.8, 4) is 0 Å². The van der Waals surface area contributed by atoms with Crippen molar-refractivity contribution in [1.29, 1.82) is 0 Å². The van der Waals surface area contributed by atoms with Gasteiger partial charge < -0.3 is 10.1 Å². The summed E-state index contributed by atoms with van der Waals surface area (Å²) in [6.45, 7) is 5.53. The number of ether oxygens (including phenoxy) is 1. The summed E-state index contributed by atoms with van der Waals surface area (Å²) in [5.74, 6) is 2.49. The van der Waals surface area contributed by atoms with Crippen molar-refractivity contribution in [2.45, 2.75) is 32.7 Å². The van der Waals surface area contributed by atoms with Crippen LogP contribution in [0.5, 0.6) is 0 Å². The van der Waals surface area contributed by atoms with Crippen LogP contribution in [0.3, 0.4) is 0 Å². The van der Waals surface area contributed by atoms with E-state index >= 15 is 0 Å². The lowest BCUT2D eigenvalue weighted by Crippen LogP contribution is -2.41. The number of anilines is 1. The zero-order chi connectivity index (χ0) is 13.7. The third kappa shape index (κ3) is 3.90. The van der Waals surface area contributed by atoms with Gasteiger partial charge in [0, 0.05) is 24.6 Å². The highest BCUT2D eigenvalue weighted by molar-refractivity contribution is 7.99. The van der Waals surface area contributed by atoms with Gasteiger partial charge in [-0.2, -0.15) is 11.8 Å². The maximum atomic E-state index is 5.20. The zero-order valence-electron chi connectivity index (χ0n) is 12.2. The minimum Gasteiger partial charge on any atom is -0.384 e. The first-order chi connectivity index (χ1) is 9.13. The van der Waals surface area contributed by atoms with Crippen LogP contribution in [0.1, 0.15) is 25.8 Å². The van der Waals surface area contributed by atoms with Crippen molar-refractivity contribution in [3.63, 3.8) is 0 Å². The van der Waals surface area contributed by atoms with E-state index in [4.69, 9.17) is 4.74 Å². The maximum absolute atomic E-state index is 5.20. The molecule has 1 aromatic carbocycles. The molecule has 2 rings (SSSR count). The Bertz CT molecular complexity index is 405. The zero-order valence-corrected chi connectivity index (χ0v) is 13.1. The highest BCUT2D eigenvalue weighted by Gasteiger charge is 2.32. The first-order valence-electron chi connectivity index (χ1n) is 7.04. The van der Waals surface area contributed by atoms with E-state index in [1.807, 2.05) is 0 Å². The number of rotatable bonds is 5. The van der Waals surface area contributed by atoms with Crippen molar-refractivity contribution in [3.05, 3.63) is 29.8 Å². The normalized spacial score (nSPS) is 22.2. The largest absolute Gasteiger partial charge is 0.384 e. The van der Waals surface area contributed by atoms with E-state index in [1.54, 1.807) is 7.11 Å². The molecule has 2 nitrogen and oxygen atoms in total. The first-order valence-corrected chi connectivity index (χ1v) is 8.20. The fourth-order valence-electron chi connectivity index (χ4n) is 2.45. The van der Waals surface area contributed by atoms with Crippen LogP contribution in [0.2, 0.25) is 0 Å². The minimum atomic E-state index is 0.375. The maximum Gasteiger partial charge on any atom is 0.0503 e. The van der Waals surface area contributed by atoms with Gasteiger partial charge in [0.05, 0.1) is 6.61 Å². The molecule has 0 radical (unpaired) electrons. The van der Waals surface area contributed by atoms with Crippen molar-refractivity contribution in [1.82, 2.24) is 0 Å². The smallest absolute Gasteiger partial charge is 0.0503 e. The van der Waals surface area contributed by atoms with Gasteiger partial charge in [0.15, 0.2) is 0 Å². The molecular formula is C16H25NOS. The Hall–Kier alpha value is -0.670. The van der Waals surface area contributed by atoms with Gasteiger partial charge in [-0.1, -0.05) is 32.0 Å². The summed E-state index contributed by atoms with van der Waals surface area (Å²) in [4.78, 5) is 0. The molecular weight excluding hydrogens is 254 g/mol. The summed E-state index contributed by atoms with van der Waals surface area (Å²) in [6, 6.07) is 9.17. The Balaban J connectivity index is 2.09.